The minimum Gasteiger partial charge on any atom is -0.388 e. The maximum atomic E-state index is 5.67. The Labute approximate surface area is 106 Å². The van der Waals surface area contributed by atoms with Crippen LogP contribution in [0.5, 0.6) is 0 Å². The summed E-state index contributed by atoms with van der Waals surface area (Å²) in [4.78, 5) is 11.0. The maximum absolute atomic E-state index is 5.67. The number of nitrogens with two attached hydrogens (primary N) is 1. The molecule has 2 N–H and O–H groups in total. The topological polar surface area (TPSA) is 64.3 Å². The number of thiocarbonyl (C=S) groups is 1. The fraction of sp³-hybridized carbons (Fsp3) is 0.545. The lowest BCUT2D eigenvalue weighted by Gasteiger charge is -2.24. The van der Waals surface area contributed by atoms with Crippen molar-refractivity contribution in [3.05, 3.63) is 18.1 Å². The van der Waals surface area contributed by atoms with Gasteiger partial charge in [-0.1, -0.05) is 12.2 Å². The lowest BCUT2D eigenvalue weighted by atomic mass is 10.3. The van der Waals surface area contributed by atoms with Gasteiger partial charge in [0.1, 0.15) is 10.7 Å². The van der Waals surface area contributed by atoms with E-state index in [9.17, 15) is 0 Å². The van der Waals surface area contributed by atoms with Crippen LogP contribution in [0.1, 0.15) is 19.0 Å². The smallest absolute Gasteiger partial charge is 0.157 e. The van der Waals surface area contributed by atoms with Gasteiger partial charge in [-0.3, -0.25) is 0 Å². The highest BCUT2D eigenvalue weighted by atomic mass is 32.1. The van der Waals surface area contributed by atoms with Gasteiger partial charge in [-0.2, -0.15) is 0 Å². The first-order valence-electron chi connectivity index (χ1n) is 5.66. The molecule has 92 valence electrons. The zero-order valence-corrected chi connectivity index (χ0v) is 10.6. The zero-order valence-electron chi connectivity index (χ0n) is 9.80. The second-order valence-corrected chi connectivity index (χ2v) is 4.51. The molecule has 1 aromatic heterocycles. The first kappa shape index (κ1) is 12.2. The number of hydrogen-bond donors (Lipinski definition) is 1. The Morgan fingerprint density at radius 2 is 2.29 bits per heavy atom. The lowest BCUT2D eigenvalue weighted by Crippen LogP contribution is -2.33. The lowest BCUT2D eigenvalue weighted by molar-refractivity contribution is 0.0820. The van der Waals surface area contributed by atoms with Gasteiger partial charge >= 0.3 is 0 Å². The summed E-state index contributed by atoms with van der Waals surface area (Å²) in [6.45, 7) is 4.50. The van der Waals surface area contributed by atoms with Crippen LogP contribution in [0.2, 0.25) is 0 Å². The van der Waals surface area contributed by atoms with Crippen molar-refractivity contribution in [1.82, 2.24) is 9.97 Å². The molecular weight excluding hydrogens is 236 g/mol. The van der Waals surface area contributed by atoms with Gasteiger partial charge in [-0.25, -0.2) is 9.97 Å². The highest BCUT2D eigenvalue weighted by molar-refractivity contribution is 7.80. The van der Waals surface area contributed by atoms with Gasteiger partial charge in [0.2, 0.25) is 0 Å². The summed E-state index contributed by atoms with van der Waals surface area (Å²) in [6, 6.07) is 0. The molecule has 1 saturated heterocycles. The van der Waals surface area contributed by atoms with Gasteiger partial charge in [0.05, 0.1) is 6.10 Å². The second kappa shape index (κ2) is 5.37. The first-order chi connectivity index (χ1) is 8.18. The van der Waals surface area contributed by atoms with Crippen molar-refractivity contribution in [2.45, 2.75) is 19.4 Å². The van der Waals surface area contributed by atoms with E-state index in [4.69, 9.17) is 22.7 Å². The fourth-order valence-corrected chi connectivity index (χ4v) is 2.07. The molecule has 0 amide bonds. The van der Waals surface area contributed by atoms with Crippen molar-refractivity contribution < 1.29 is 4.74 Å². The Morgan fingerprint density at radius 1 is 1.53 bits per heavy atom. The van der Waals surface area contributed by atoms with Gasteiger partial charge < -0.3 is 15.4 Å². The standard InChI is InChI=1S/C11H16N4OS/c1-8-7-15(5-2-6-16-8)11-9(10(12)17)13-3-4-14-11/h3-4,8H,2,5-7H2,1H3,(H2,12,17). The average molecular weight is 252 g/mol. The first-order valence-corrected chi connectivity index (χ1v) is 6.06. The van der Waals surface area contributed by atoms with Crippen LogP contribution in [0.25, 0.3) is 0 Å². The van der Waals surface area contributed by atoms with Crippen molar-refractivity contribution in [2.75, 3.05) is 24.6 Å². The van der Waals surface area contributed by atoms with Crippen molar-refractivity contribution in [2.24, 2.45) is 5.73 Å². The average Bonchev–Trinajstić information content (AvgIpc) is 2.54. The summed E-state index contributed by atoms with van der Waals surface area (Å²) in [6.07, 6.45) is 4.42. The molecule has 0 aromatic carbocycles. The predicted octanol–water partition coefficient (Wildman–Crippen LogP) is 0.726. The molecular formula is C11H16N4OS. The molecule has 0 saturated carbocycles. The van der Waals surface area contributed by atoms with Gasteiger partial charge in [0.25, 0.3) is 0 Å². The van der Waals surface area contributed by atoms with E-state index in [2.05, 4.69) is 21.8 Å². The largest absolute Gasteiger partial charge is 0.388 e. The molecule has 0 radical (unpaired) electrons. The number of hydrogen-bond acceptors (Lipinski definition) is 5. The van der Waals surface area contributed by atoms with Crippen LogP contribution < -0.4 is 10.6 Å². The minimum absolute atomic E-state index is 0.179. The molecule has 17 heavy (non-hydrogen) atoms. The molecule has 1 aromatic rings. The van der Waals surface area contributed by atoms with E-state index in [1.165, 1.54) is 0 Å². The molecule has 0 bridgehead atoms. The van der Waals surface area contributed by atoms with E-state index in [-0.39, 0.29) is 11.1 Å². The van der Waals surface area contributed by atoms with E-state index in [1.807, 2.05) is 0 Å². The summed E-state index contributed by atoms with van der Waals surface area (Å²) in [5.41, 5.74) is 6.26. The van der Waals surface area contributed by atoms with E-state index in [0.717, 1.165) is 31.9 Å². The van der Waals surface area contributed by atoms with Gasteiger partial charge in [-0.05, 0) is 13.3 Å². The monoisotopic (exact) mass is 252 g/mol. The molecule has 0 aliphatic carbocycles. The Hall–Kier alpha value is -1.27. The number of aromatic nitrogens is 2. The van der Waals surface area contributed by atoms with Crippen LogP contribution in [0, 0.1) is 0 Å². The van der Waals surface area contributed by atoms with Crippen LogP contribution in [0.4, 0.5) is 5.82 Å². The summed E-state index contributed by atoms with van der Waals surface area (Å²) < 4.78 is 5.60. The Bertz CT molecular complexity index is 412. The number of anilines is 1. The fourth-order valence-electron chi connectivity index (χ4n) is 1.92. The van der Waals surface area contributed by atoms with E-state index >= 15 is 0 Å². The highest BCUT2D eigenvalue weighted by Crippen LogP contribution is 2.18. The highest BCUT2D eigenvalue weighted by Gasteiger charge is 2.20. The van der Waals surface area contributed by atoms with E-state index in [0.29, 0.717) is 5.69 Å². The summed E-state index contributed by atoms with van der Waals surface area (Å²) in [5, 5.41) is 0. The van der Waals surface area contributed by atoms with Crippen molar-refractivity contribution in [3.63, 3.8) is 0 Å². The molecule has 6 heteroatoms. The van der Waals surface area contributed by atoms with Crippen molar-refractivity contribution >= 4 is 23.0 Å². The molecule has 1 aliphatic rings. The van der Waals surface area contributed by atoms with Crippen LogP contribution in [0.3, 0.4) is 0 Å². The number of ether oxygens (including phenoxy) is 1. The molecule has 2 rings (SSSR count). The van der Waals surface area contributed by atoms with E-state index in [1.54, 1.807) is 12.4 Å². The molecule has 1 fully saturated rings. The molecule has 1 unspecified atom stereocenters. The minimum atomic E-state index is 0.179. The quantitative estimate of drug-likeness (QED) is 0.783. The maximum Gasteiger partial charge on any atom is 0.157 e. The SMILES string of the molecule is CC1CN(c2nccnc2C(N)=S)CCCO1. The van der Waals surface area contributed by atoms with Crippen LogP contribution in [-0.2, 0) is 4.74 Å². The molecule has 1 atom stereocenters. The van der Waals surface area contributed by atoms with Crippen LogP contribution in [-0.4, -0.2) is 40.8 Å². The Morgan fingerprint density at radius 3 is 3.06 bits per heavy atom. The van der Waals surface area contributed by atoms with Crippen LogP contribution in [0.15, 0.2) is 12.4 Å². The number of rotatable bonds is 2. The summed E-state index contributed by atoms with van der Waals surface area (Å²) in [5.74, 6) is 0.761. The third-order valence-corrected chi connectivity index (χ3v) is 2.86. The van der Waals surface area contributed by atoms with Gasteiger partial charge in [0.15, 0.2) is 5.82 Å². The van der Waals surface area contributed by atoms with Crippen LogP contribution >= 0.6 is 12.2 Å². The van der Waals surface area contributed by atoms with Gasteiger partial charge in [0, 0.05) is 32.1 Å². The van der Waals surface area contributed by atoms with Crippen molar-refractivity contribution in [3.8, 4) is 0 Å². The molecule has 0 spiro atoms. The predicted molar refractivity (Wildman–Crippen MR) is 70.2 cm³/mol. The third kappa shape index (κ3) is 2.89. The number of nitrogens with zero attached hydrogens (tertiary/aromatic N) is 3. The van der Waals surface area contributed by atoms with Gasteiger partial charge in [-0.15, -0.1) is 0 Å². The summed E-state index contributed by atoms with van der Waals surface area (Å²) >= 11 is 5.00. The Balaban J connectivity index is 2.28. The summed E-state index contributed by atoms with van der Waals surface area (Å²) in [7, 11) is 0. The molecule has 1 aliphatic heterocycles. The van der Waals surface area contributed by atoms with E-state index < -0.39 is 0 Å². The second-order valence-electron chi connectivity index (χ2n) is 4.07. The normalized spacial score (nSPS) is 21.0. The molecule has 2 heterocycles. The Kier molecular flexibility index (Phi) is 3.86. The van der Waals surface area contributed by atoms with Crippen molar-refractivity contribution in [1.29, 1.82) is 0 Å². The molecule has 5 nitrogen and oxygen atoms in total. The zero-order chi connectivity index (χ0) is 12.3. The third-order valence-electron chi connectivity index (χ3n) is 2.66.